The summed E-state index contributed by atoms with van der Waals surface area (Å²) in [6.07, 6.45) is 1.91. The zero-order valence-corrected chi connectivity index (χ0v) is 12.5. The summed E-state index contributed by atoms with van der Waals surface area (Å²) in [4.78, 5) is 16.2. The second kappa shape index (κ2) is 5.84. The molecule has 1 aliphatic rings. The molecule has 1 aliphatic heterocycles. The van der Waals surface area contributed by atoms with E-state index in [-0.39, 0.29) is 29.7 Å². The van der Waals surface area contributed by atoms with Gasteiger partial charge in [-0.15, -0.1) is 0 Å². The van der Waals surface area contributed by atoms with E-state index in [1.807, 2.05) is 0 Å². The summed E-state index contributed by atoms with van der Waals surface area (Å²) in [6.45, 7) is 1.99. The Morgan fingerprint density at radius 1 is 1.52 bits per heavy atom. The lowest BCUT2D eigenvalue weighted by atomic mass is 10.0. The summed E-state index contributed by atoms with van der Waals surface area (Å²) >= 11 is 0. The highest BCUT2D eigenvalue weighted by Crippen LogP contribution is 2.23. The number of nitrogens with one attached hydrogen (secondary N) is 1. The van der Waals surface area contributed by atoms with Gasteiger partial charge < -0.3 is 11.1 Å². The molecule has 1 fully saturated rings. The largest absolute Gasteiger partial charge is 0.344 e. The molecular formula is C14H17N3O3S. The maximum Gasteiger partial charge on any atom is 0.270 e. The normalized spacial score (nSPS) is 23.1. The Labute approximate surface area is 124 Å². The molecule has 0 radical (unpaired) electrons. The van der Waals surface area contributed by atoms with Crippen LogP contribution in [0.5, 0.6) is 0 Å². The van der Waals surface area contributed by atoms with Crippen LogP contribution in [0.4, 0.5) is 0 Å². The molecule has 1 saturated heterocycles. The lowest BCUT2D eigenvalue weighted by Crippen LogP contribution is -2.47. The zero-order valence-electron chi connectivity index (χ0n) is 11.7. The third kappa shape index (κ3) is 4.03. The molecule has 7 heteroatoms. The molecule has 1 atom stereocenters. The van der Waals surface area contributed by atoms with Crippen molar-refractivity contribution in [3.63, 3.8) is 0 Å². The van der Waals surface area contributed by atoms with Crippen LogP contribution < -0.4 is 11.1 Å². The van der Waals surface area contributed by atoms with Crippen LogP contribution in [-0.4, -0.2) is 42.9 Å². The first-order valence-corrected chi connectivity index (χ1v) is 8.34. The molecule has 0 saturated carbocycles. The van der Waals surface area contributed by atoms with E-state index in [0.29, 0.717) is 12.0 Å². The van der Waals surface area contributed by atoms with Crippen molar-refractivity contribution in [1.29, 1.82) is 0 Å². The highest BCUT2D eigenvalue weighted by Gasteiger charge is 2.39. The molecule has 1 aromatic rings. The number of sulfone groups is 1. The lowest BCUT2D eigenvalue weighted by Gasteiger charge is -2.23. The first-order valence-electron chi connectivity index (χ1n) is 6.51. The van der Waals surface area contributed by atoms with Gasteiger partial charge in [0.25, 0.3) is 5.91 Å². The predicted octanol–water partition coefficient (Wildman–Crippen LogP) is -0.301. The van der Waals surface area contributed by atoms with E-state index in [0.717, 1.165) is 0 Å². The van der Waals surface area contributed by atoms with Gasteiger partial charge in [0.1, 0.15) is 5.69 Å². The molecule has 3 N–H and O–H groups in total. The Balaban J connectivity index is 2.07. The second-order valence-corrected chi connectivity index (χ2v) is 7.48. The number of pyridine rings is 1. The Hall–Kier alpha value is -1.91. The van der Waals surface area contributed by atoms with Crippen molar-refractivity contribution >= 4 is 15.7 Å². The van der Waals surface area contributed by atoms with Crippen LogP contribution in [0.3, 0.4) is 0 Å². The highest BCUT2D eigenvalue weighted by atomic mass is 32.2. The predicted molar refractivity (Wildman–Crippen MR) is 79.3 cm³/mol. The molecule has 21 heavy (non-hydrogen) atoms. The van der Waals surface area contributed by atoms with Crippen molar-refractivity contribution in [2.24, 2.45) is 5.73 Å². The molecule has 1 amide bonds. The SMILES string of the molecule is CC1(NC(=O)c2ccc(C#CCN)cn2)CCS(=O)(=O)C1. The maximum atomic E-state index is 12.1. The van der Waals surface area contributed by atoms with E-state index in [2.05, 4.69) is 22.1 Å². The summed E-state index contributed by atoms with van der Waals surface area (Å²) in [5.41, 5.74) is 5.46. The number of amides is 1. The van der Waals surface area contributed by atoms with Crippen molar-refractivity contribution < 1.29 is 13.2 Å². The van der Waals surface area contributed by atoms with Gasteiger partial charge in [-0.1, -0.05) is 11.8 Å². The van der Waals surface area contributed by atoms with Crippen LogP contribution in [0, 0.1) is 11.8 Å². The number of aromatic nitrogens is 1. The average Bonchev–Trinajstić information content (AvgIpc) is 2.70. The summed E-state index contributed by atoms with van der Waals surface area (Å²) < 4.78 is 23.0. The Bertz CT molecular complexity index is 701. The van der Waals surface area contributed by atoms with E-state index >= 15 is 0 Å². The third-order valence-electron chi connectivity index (χ3n) is 3.25. The van der Waals surface area contributed by atoms with Crippen LogP contribution in [0.1, 0.15) is 29.4 Å². The molecule has 2 rings (SSSR count). The fourth-order valence-corrected chi connectivity index (χ4v) is 4.30. The summed E-state index contributed by atoms with van der Waals surface area (Å²) in [7, 11) is -3.06. The minimum Gasteiger partial charge on any atom is -0.344 e. The van der Waals surface area contributed by atoms with Crippen molar-refractivity contribution in [2.75, 3.05) is 18.1 Å². The van der Waals surface area contributed by atoms with Crippen LogP contribution in [0.25, 0.3) is 0 Å². The highest BCUT2D eigenvalue weighted by molar-refractivity contribution is 7.91. The minimum atomic E-state index is -3.06. The fraction of sp³-hybridized carbons (Fsp3) is 0.429. The summed E-state index contributed by atoms with van der Waals surface area (Å²) in [5, 5.41) is 2.75. The van der Waals surface area contributed by atoms with E-state index in [1.165, 1.54) is 6.20 Å². The van der Waals surface area contributed by atoms with Gasteiger partial charge in [-0.05, 0) is 25.5 Å². The molecule has 0 aromatic carbocycles. The molecule has 0 aliphatic carbocycles. The molecular weight excluding hydrogens is 290 g/mol. The van der Waals surface area contributed by atoms with E-state index in [1.54, 1.807) is 19.1 Å². The molecule has 2 heterocycles. The van der Waals surface area contributed by atoms with Crippen LogP contribution >= 0.6 is 0 Å². The molecule has 112 valence electrons. The van der Waals surface area contributed by atoms with Gasteiger partial charge in [-0.3, -0.25) is 4.79 Å². The number of rotatable bonds is 2. The number of carbonyl (C=O) groups excluding carboxylic acids is 1. The number of hydrogen-bond donors (Lipinski definition) is 2. The minimum absolute atomic E-state index is 0.0359. The second-order valence-electron chi connectivity index (χ2n) is 5.29. The third-order valence-corrected chi connectivity index (χ3v) is 5.15. The molecule has 1 unspecified atom stereocenters. The molecule has 1 aromatic heterocycles. The van der Waals surface area contributed by atoms with Gasteiger partial charge in [-0.2, -0.15) is 0 Å². The first kappa shape index (κ1) is 15.5. The number of hydrogen-bond acceptors (Lipinski definition) is 5. The van der Waals surface area contributed by atoms with Gasteiger partial charge in [-0.25, -0.2) is 13.4 Å². The van der Waals surface area contributed by atoms with Gasteiger partial charge in [0.2, 0.25) is 0 Å². The summed E-state index contributed by atoms with van der Waals surface area (Å²) in [5.74, 6) is 5.20. The molecule has 6 nitrogen and oxygen atoms in total. The summed E-state index contributed by atoms with van der Waals surface area (Å²) in [6, 6.07) is 3.24. The Morgan fingerprint density at radius 3 is 2.81 bits per heavy atom. The Morgan fingerprint density at radius 2 is 2.29 bits per heavy atom. The smallest absolute Gasteiger partial charge is 0.270 e. The molecule has 0 bridgehead atoms. The van der Waals surface area contributed by atoms with Crippen molar-refractivity contribution in [1.82, 2.24) is 10.3 Å². The van der Waals surface area contributed by atoms with Crippen molar-refractivity contribution in [3.05, 3.63) is 29.6 Å². The number of nitrogens with zero attached hydrogens (tertiary/aromatic N) is 1. The average molecular weight is 307 g/mol. The van der Waals surface area contributed by atoms with Crippen molar-refractivity contribution in [2.45, 2.75) is 18.9 Å². The standard InChI is InChI=1S/C14H17N3O3S/c1-14(6-8-21(19,20)10-14)17-13(18)12-5-4-11(9-16-12)3-2-7-15/h4-5,9H,6-8,10,15H2,1H3,(H,17,18). The Kier molecular flexibility index (Phi) is 4.30. The number of carbonyl (C=O) groups is 1. The number of nitrogens with two attached hydrogens (primary N) is 1. The monoisotopic (exact) mass is 307 g/mol. The van der Waals surface area contributed by atoms with Crippen LogP contribution in [-0.2, 0) is 9.84 Å². The molecule has 0 spiro atoms. The fourth-order valence-electron chi connectivity index (χ4n) is 2.20. The van der Waals surface area contributed by atoms with Gasteiger partial charge >= 0.3 is 0 Å². The van der Waals surface area contributed by atoms with E-state index in [4.69, 9.17) is 5.73 Å². The topological polar surface area (TPSA) is 102 Å². The van der Waals surface area contributed by atoms with Gasteiger partial charge in [0.05, 0.1) is 23.6 Å². The van der Waals surface area contributed by atoms with Crippen molar-refractivity contribution in [3.8, 4) is 11.8 Å². The van der Waals surface area contributed by atoms with E-state index in [9.17, 15) is 13.2 Å². The zero-order chi connectivity index (χ0) is 15.5. The first-order chi connectivity index (χ1) is 9.84. The van der Waals surface area contributed by atoms with Crippen LogP contribution in [0.15, 0.2) is 18.3 Å². The van der Waals surface area contributed by atoms with E-state index < -0.39 is 15.4 Å². The van der Waals surface area contributed by atoms with Crippen LogP contribution in [0.2, 0.25) is 0 Å². The quantitative estimate of drug-likeness (QED) is 0.730. The lowest BCUT2D eigenvalue weighted by molar-refractivity contribution is 0.0910. The van der Waals surface area contributed by atoms with Gasteiger partial charge in [0.15, 0.2) is 9.84 Å². The maximum absolute atomic E-state index is 12.1. The van der Waals surface area contributed by atoms with Gasteiger partial charge in [0, 0.05) is 11.8 Å².